The molecular weight excluding hydrogens is 296 g/mol. The van der Waals surface area contributed by atoms with Gasteiger partial charge in [0.2, 0.25) is 0 Å². The second-order valence-corrected chi connectivity index (χ2v) is 5.83. The topological polar surface area (TPSA) is 44.1 Å². The lowest BCUT2D eigenvalue weighted by molar-refractivity contribution is 0.104. The number of rotatable bonds is 3. The largest absolute Gasteiger partial charge is 0.374 e. The Hall–Kier alpha value is -3.12. The third kappa shape index (κ3) is 3.44. The normalized spacial score (nSPS) is 15.8. The zero-order valence-electron chi connectivity index (χ0n) is 13.6. The van der Waals surface area contributed by atoms with Gasteiger partial charge in [-0.15, -0.1) is 0 Å². The third-order valence-electron chi connectivity index (χ3n) is 4.20. The fourth-order valence-corrected chi connectivity index (χ4v) is 2.74. The zero-order chi connectivity index (χ0) is 16.9. The summed E-state index contributed by atoms with van der Waals surface area (Å²) in [4.78, 5) is 14.6. The van der Waals surface area contributed by atoms with Crippen LogP contribution in [0.15, 0.2) is 72.4 Å². The van der Waals surface area contributed by atoms with Crippen LogP contribution in [0.4, 0.5) is 0 Å². The highest BCUT2D eigenvalue weighted by Gasteiger charge is 2.15. The van der Waals surface area contributed by atoms with Gasteiger partial charge < -0.3 is 4.90 Å². The molecule has 0 aliphatic carbocycles. The number of carbonyl (C=O) groups excluding carboxylic acids is 1. The maximum absolute atomic E-state index is 12.5. The molecule has 0 spiro atoms. The van der Waals surface area contributed by atoms with Crippen molar-refractivity contribution in [2.75, 3.05) is 13.6 Å². The van der Waals surface area contributed by atoms with Crippen molar-refractivity contribution < 1.29 is 4.79 Å². The van der Waals surface area contributed by atoms with E-state index in [9.17, 15) is 4.79 Å². The number of nitrogens with zero attached hydrogens (tertiary/aromatic N) is 2. The highest BCUT2D eigenvalue weighted by Crippen LogP contribution is 2.26. The minimum atomic E-state index is -0.0492. The molecule has 0 atom stereocenters. The smallest absolute Gasteiger partial charge is 0.187 e. The molecule has 3 rings (SSSR count). The van der Waals surface area contributed by atoms with Gasteiger partial charge in [0, 0.05) is 30.9 Å². The predicted octanol–water partition coefficient (Wildman–Crippen LogP) is 4.04. The lowest BCUT2D eigenvalue weighted by atomic mass is 9.97. The Morgan fingerprint density at radius 1 is 1.12 bits per heavy atom. The Kier molecular flexibility index (Phi) is 4.58. The van der Waals surface area contributed by atoms with Crippen LogP contribution in [-0.2, 0) is 0 Å². The van der Waals surface area contributed by atoms with Crippen LogP contribution in [0.25, 0.3) is 5.57 Å². The van der Waals surface area contributed by atoms with Crippen LogP contribution in [0.1, 0.15) is 27.9 Å². The Morgan fingerprint density at radius 3 is 2.50 bits per heavy atom. The van der Waals surface area contributed by atoms with Crippen molar-refractivity contribution in [2.45, 2.75) is 6.42 Å². The number of hydrogen-bond donors (Lipinski definition) is 0. The van der Waals surface area contributed by atoms with E-state index in [1.807, 2.05) is 25.2 Å². The van der Waals surface area contributed by atoms with E-state index < -0.39 is 0 Å². The highest BCUT2D eigenvalue weighted by molar-refractivity contribution is 6.05. The molecule has 0 saturated heterocycles. The number of hydrogen-bond acceptors (Lipinski definition) is 3. The van der Waals surface area contributed by atoms with E-state index in [0.717, 1.165) is 18.7 Å². The SMILES string of the molecule is CN1CCC(c2ccccc2)=C/C1=C\C(=O)c1ccc(C#N)cc1. The number of carbonyl (C=O) groups is 1. The molecular formula is C21H18N2O. The van der Waals surface area contributed by atoms with Gasteiger partial charge in [-0.25, -0.2) is 0 Å². The molecule has 0 aromatic heterocycles. The molecule has 118 valence electrons. The molecule has 2 aromatic carbocycles. The van der Waals surface area contributed by atoms with Crippen molar-refractivity contribution in [3.05, 3.63) is 89.1 Å². The Labute approximate surface area is 142 Å². The van der Waals surface area contributed by atoms with Gasteiger partial charge in [0.25, 0.3) is 0 Å². The first-order valence-electron chi connectivity index (χ1n) is 7.91. The lowest BCUT2D eigenvalue weighted by Gasteiger charge is -2.27. The maximum Gasteiger partial charge on any atom is 0.187 e. The first kappa shape index (κ1) is 15.8. The average Bonchev–Trinajstić information content (AvgIpc) is 2.64. The van der Waals surface area contributed by atoms with Gasteiger partial charge >= 0.3 is 0 Å². The van der Waals surface area contributed by atoms with Crippen LogP contribution < -0.4 is 0 Å². The number of benzene rings is 2. The molecule has 0 radical (unpaired) electrons. The predicted molar refractivity (Wildman–Crippen MR) is 95.2 cm³/mol. The van der Waals surface area contributed by atoms with Gasteiger partial charge in [-0.3, -0.25) is 4.79 Å². The number of likely N-dealkylation sites (N-methyl/N-ethyl adjacent to an activating group) is 1. The van der Waals surface area contributed by atoms with Gasteiger partial charge in [0.05, 0.1) is 11.6 Å². The molecule has 0 amide bonds. The molecule has 24 heavy (non-hydrogen) atoms. The summed E-state index contributed by atoms with van der Waals surface area (Å²) in [5, 5.41) is 8.84. The quantitative estimate of drug-likeness (QED) is 0.634. The van der Waals surface area contributed by atoms with Crippen LogP contribution in [0.3, 0.4) is 0 Å². The minimum Gasteiger partial charge on any atom is -0.374 e. The molecule has 3 nitrogen and oxygen atoms in total. The van der Waals surface area contributed by atoms with Crippen molar-refractivity contribution in [1.82, 2.24) is 4.90 Å². The fourth-order valence-electron chi connectivity index (χ4n) is 2.74. The van der Waals surface area contributed by atoms with Crippen LogP contribution in [0, 0.1) is 11.3 Å². The van der Waals surface area contributed by atoms with Crippen LogP contribution >= 0.6 is 0 Å². The molecule has 0 N–H and O–H groups in total. The van der Waals surface area contributed by atoms with Crippen molar-refractivity contribution in [1.29, 1.82) is 5.26 Å². The highest BCUT2D eigenvalue weighted by atomic mass is 16.1. The zero-order valence-corrected chi connectivity index (χ0v) is 13.6. The molecule has 1 aliphatic rings. The Bertz CT molecular complexity index is 840. The summed E-state index contributed by atoms with van der Waals surface area (Å²) in [6, 6.07) is 19.0. The summed E-state index contributed by atoms with van der Waals surface area (Å²) in [7, 11) is 2.00. The van der Waals surface area contributed by atoms with Crippen LogP contribution in [-0.4, -0.2) is 24.3 Å². The second kappa shape index (κ2) is 6.97. The molecule has 1 heterocycles. The second-order valence-electron chi connectivity index (χ2n) is 5.83. The third-order valence-corrected chi connectivity index (χ3v) is 4.20. The van der Waals surface area contributed by atoms with Gasteiger partial charge in [0.1, 0.15) is 0 Å². The molecule has 1 aliphatic heterocycles. The Morgan fingerprint density at radius 2 is 1.83 bits per heavy atom. The van der Waals surface area contributed by atoms with Gasteiger partial charge in [0.15, 0.2) is 5.78 Å². The number of ketones is 1. The molecule has 0 saturated carbocycles. The van der Waals surface area contributed by atoms with E-state index in [0.29, 0.717) is 11.1 Å². The summed E-state index contributed by atoms with van der Waals surface area (Å²) in [5.41, 5.74) is 4.50. The van der Waals surface area contributed by atoms with E-state index in [2.05, 4.69) is 29.2 Å². The molecule has 0 fully saturated rings. The first-order valence-corrected chi connectivity index (χ1v) is 7.91. The molecule has 2 aromatic rings. The van der Waals surface area contributed by atoms with E-state index in [-0.39, 0.29) is 5.78 Å². The summed E-state index contributed by atoms with van der Waals surface area (Å²) in [5.74, 6) is -0.0492. The molecule has 0 bridgehead atoms. The summed E-state index contributed by atoms with van der Waals surface area (Å²) in [6.45, 7) is 0.882. The van der Waals surface area contributed by atoms with Gasteiger partial charge in [-0.2, -0.15) is 5.26 Å². The summed E-state index contributed by atoms with van der Waals surface area (Å²) < 4.78 is 0. The van der Waals surface area contributed by atoms with Crippen LogP contribution in [0.5, 0.6) is 0 Å². The first-order chi connectivity index (χ1) is 11.7. The van der Waals surface area contributed by atoms with Crippen molar-refractivity contribution >= 4 is 11.4 Å². The Balaban J connectivity index is 1.89. The van der Waals surface area contributed by atoms with E-state index >= 15 is 0 Å². The van der Waals surface area contributed by atoms with E-state index in [4.69, 9.17) is 5.26 Å². The molecule has 3 heteroatoms. The van der Waals surface area contributed by atoms with Crippen molar-refractivity contribution in [3.63, 3.8) is 0 Å². The maximum atomic E-state index is 12.5. The summed E-state index contributed by atoms with van der Waals surface area (Å²) >= 11 is 0. The van der Waals surface area contributed by atoms with E-state index in [1.165, 1.54) is 11.1 Å². The average molecular weight is 314 g/mol. The van der Waals surface area contributed by atoms with E-state index in [1.54, 1.807) is 30.3 Å². The van der Waals surface area contributed by atoms with Gasteiger partial charge in [-0.1, -0.05) is 30.3 Å². The summed E-state index contributed by atoms with van der Waals surface area (Å²) in [6.07, 6.45) is 4.72. The fraction of sp³-hybridized carbons (Fsp3) is 0.143. The number of allylic oxidation sites excluding steroid dienone is 2. The lowest BCUT2D eigenvalue weighted by Crippen LogP contribution is -2.23. The number of nitriles is 1. The molecule has 0 unspecified atom stereocenters. The standard InChI is InChI=1S/C21H18N2O/c1-23-12-11-19(17-5-3-2-4-6-17)13-20(23)14-21(24)18-9-7-16(15-22)8-10-18/h2-10,13-14H,11-12H2,1H3/b20-14+. The minimum absolute atomic E-state index is 0.0492. The van der Waals surface area contributed by atoms with Crippen molar-refractivity contribution in [3.8, 4) is 6.07 Å². The van der Waals surface area contributed by atoms with Crippen molar-refractivity contribution in [2.24, 2.45) is 0 Å². The van der Waals surface area contributed by atoms with Crippen LogP contribution in [0.2, 0.25) is 0 Å². The monoisotopic (exact) mass is 314 g/mol. The van der Waals surface area contributed by atoms with Gasteiger partial charge in [-0.05, 0) is 47.9 Å².